The van der Waals surface area contributed by atoms with Gasteiger partial charge in [-0.3, -0.25) is 0 Å². The Morgan fingerprint density at radius 1 is 1.30 bits per heavy atom. The van der Waals surface area contributed by atoms with Crippen molar-refractivity contribution in [3.8, 4) is 11.3 Å². The van der Waals surface area contributed by atoms with Crippen LogP contribution in [0.5, 0.6) is 0 Å². The van der Waals surface area contributed by atoms with E-state index in [-0.39, 0.29) is 5.75 Å². The average molecular weight is 355 g/mol. The first kappa shape index (κ1) is 16.5. The number of fused-ring (bicyclic) bond motifs is 1. The first-order chi connectivity index (χ1) is 11.0. The largest absolute Gasteiger partial charge is 0.356 e. The normalized spacial score (nSPS) is 15.6. The highest BCUT2D eigenvalue weighted by Crippen LogP contribution is 2.31. The van der Waals surface area contributed by atoms with Crippen LogP contribution in [0, 0.1) is 0 Å². The molecule has 0 N–H and O–H groups in total. The van der Waals surface area contributed by atoms with E-state index < -0.39 is 10.0 Å². The van der Waals surface area contributed by atoms with Gasteiger partial charge in [0.15, 0.2) is 5.76 Å². The number of nitrogens with zero attached hydrogens (tertiary/aromatic N) is 2. The number of hydrogen-bond acceptors (Lipinski definition) is 4. The van der Waals surface area contributed by atoms with E-state index >= 15 is 0 Å². The van der Waals surface area contributed by atoms with Crippen molar-refractivity contribution in [2.45, 2.75) is 32.7 Å². The lowest BCUT2D eigenvalue weighted by Crippen LogP contribution is -2.37. The minimum atomic E-state index is -3.21. The van der Waals surface area contributed by atoms with Gasteiger partial charge in [-0.15, -0.1) is 0 Å². The second kappa shape index (κ2) is 6.63. The fraction of sp³-hybridized carbons (Fsp3) is 0.438. The second-order valence-electron chi connectivity index (χ2n) is 5.70. The number of unbranched alkanes of at least 4 members (excludes halogenated alkanes) is 1. The minimum Gasteiger partial charge on any atom is -0.356 e. The van der Waals surface area contributed by atoms with Crippen LogP contribution in [0.15, 0.2) is 28.8 Å². The molecule has 0 radical (unpaired) electrons. The Balaban J connectivity index is 1.83. The van der Waals surface area contributed by atoms with Crippen LogP contribution in [0.25, 0.3) is 11.3 Å². The molecular formula is C16H19ClN2O3S. The summed E-state index contributed by atoms with van der Waals surface area (Å²) in [5, 5.41) is 4.75. The molecule has 0 fully saturated rings. The summed E-state index contributed by atoms with van der Waals surface area (Å²) in [4.78, 5) is 0. The van der Waals surface area contributed by atoms with Crippen LogP contribution in [-0.2, 0) is 23.0 Å². The zero-order valence-electron chi connectivity index (χ0n) is 13.0. The van der Waals surface area contributed by atoms with Gasteiger partial charge in [-0.2, -0.15) is 4.31 Å². The van der Waals surface area contributed by atoms with Crippen LogP contribution in [0.1, 0.15) is 31.0 Å². The van der Waals surface area contributed by atoms with Gasteiger partial charge in [-0.1, -0.05) is 30.1 Å². The first-order valence-corrected chi connectivity index (χ1v) is 9.71. The van der Waals surface area contributed by atoms with Crippen molar-refractivity contribution in [2.75, 3.05) is 12.3 Å². The van der Waals surface area contributed by atoms with Crippen LogP contribution in [0.3, 0.4) is 0 Å². The van der Waals surface area contributed by atoms with Crippen molar-refractivity contribution in [3.63, 3.8) is 0 Å². The summed E-state index contributed by atoms with van der Waals surface area (Å²) < 4.78 is 31.6. The van der Waals surface area contributed by atoms with Crippen molar-refractivity contribution < 1.29 is 12.9 Å². The number of aromatic nitrogens is 1. The SMILES string of the molecule is CCCCS(=O)(=O)N1CCc2c(noc2-c2ccc(Cl)cc2)C1. The van der Waals surface area contributed by atoms with Gasteiger partial charge in [-0.05, 0) is 37.1 Å². The summed E-state index contributed by atoms with van der Waals surface area (Å²) in [6, 6.07) is 7.37. The van der Waals surface area contributed by atoms with E-state index in [1.807, 2.05) is 19.1 Å². The van der Waals surface area contributed by atoms with Crippen molar-refractivity contribution in [2.24, 2.45) is 0 Å². The van der Waals surface area contributed by atoms with Crippen LogP contribution < -0.4 is 0 Å². The highest BCUT2D eigenvalue weighted by Gasteiger charge is 2.30. The van der Waals surface area contributed by atoms with Gasteiger partial charge in [0.25, 0.3) is 0 Å². The van der Waals surface area contributed by atoms with E-state index in [0.717, 1.165) is 17.5 Å². The van der Waals surface area contributed by atoms with Crippen molar-refractivity contribution in [3.05, 3.63) is 40.5 Å². The molecule has 1 aromatic heterocycles. The number of benzene rings is 1. The lowest BCUT2D eigenvalue weighted by molar-refractivity contribution is 0.370. The van der Waals surface area contributed by atoms with E-state index in [1.165, 1.54) is 4.31 Å². The monoisotopic (exact) mass is 354 g/mol. The van der Waals surface area contributed by atoms with Crippen LogP contribution in [-0.4, -0.2) is 30.2 Å². The van der Waals surface area contributed by atoms with Gasteiger partial charge in [0.05, 0.1) is 12.3 Å². The molecule has 0 aliphatic carbocycles. The van der Waals surface area contributed by atoms with Crippen LogP contribution in [0.2, 0.25) is 5.02 Å². The molecule has 2 aromatic rings. The van der Waals surface area contributed by atoms with Crippen LogP contribution in [0.4, 0.5) is 0 Å². The van der Waals surface area contributed by atoms with E-state index in [1.54, 1.807) is 12.1 Å². The quantitative estimate of drug-likeness (QED) is 0.824. The average Bonchev–Trinajstić information content (AvgIpc) is 2.97. The molecule has 0 saturated heterocycles. The molecule has 0 atom stereocenters. The molecule has 0 unspecified atom stereocenters. The molecule has 0 amide bonds. The summed E-state index contributed by atoms with van der Waals surface area (Å²) >= 11 is 5.91. The highest BCUT2D eigenvalue weighted by molar-refractivity contribution is 7.89. The summed E-state index contributed by atoms with van der Waals surface area (Å²) in [5.41, 5.74) is 2.61. The Hall–Kier alpha value is -1.37. The molecule has 1 aliphatic heterocycles. The minimum absolute atomic E-state index is 0.195. The maximum absolute atomic E-state index is 12.3. The molecule has 0 spiro atoms. The van der Waals surface area contributed by atoms with E-state index in [2.05, 4.69) is 5.16 Å². The van der Waals surface area contributed by atoms with Gasteiger partial charge in [0.2, 0.25) is 10.0 Å². The van der Waals surface area contributed by atoms with Gasteiger partial charge in [0.1, 0.15) is 5.69 Å². The van der Waals surface area contributed by atoms with Crippen molar-refractivity contribution in [1.29, 1.82) is 0 Å². The molecule has 2 heterocycles. The Bertz CT molecular complexity index is 784. The topological polar surface area (TPSA) is 63.4 Å². The predicted octanol–water partition coefficient (Wildman–Crippen LogP) is 3.48. The molecule has 5 nitrogen and oxygen atoms in total. The third kappa shape index (κ3) is 3.44. The molecule has 0 saturated carbocycles. The Labute approximate surface area is 141 Å². The second-order valence-corrected chi connectivity index (χ2v) is 8.22. The number of sulfonamides is 1. The molecule has 1 aliphatic rings. The summed E-state index contributed by atoms with van der Waals surface area (Å²) in [6.45, 7) is 2.75. The Morgan fingerprint density at radius 2 is 2.04 bits per heavy atom. The third-order valence-corrected chi connectivity index (χ3v) is 6.22. The number of hydrogen-bond donors (Lipinski definition) is 0. The maximum Gasteiger partial charge on any atom is 0.214 e. The molecule has 23 heavy (non-hydrogen) atoms. The zero-order chi connectivity index (χ0) is 16.4. The molecule has 1 aromatic carbocycles. The summed E-state index contributed by atoms with van der Waals surface area (Å²) in [6.07, 6.45) is 2.16. The molecule has 7 heteroatoms. The Morgan fingerprint density at radius 3 is 2.74 bits per heavy atom. The molecule has 124 valence electrons. The molecular weight excluding hydrogens is 336 g/mol. The number of rotatable bonds is 5. The summed E-state index contributed by atoms with van der Waals surface area (Å²) in [7, 11) is -3.21. The fourth-order valence-corrected chi connectivity index (χ4v) is 4.45. The lowest BCUT2D eigenvalue weighted by atomic mass is 10.0. The number of halogens is 1. The predicted molar refractivity (Wildman–Crippen MR) is 89.8 cm³/mol. The van der Waals surface area contributed by atoms with Crippen molar-refractivity contribution >= 4 is 21.6 Å². The van der Waals surface area contributed by atoms with E-state index in [0.29, 0.717) is 42.4 Å². The smallest absolute Gasteiger partial charge is 0.214 e. The zero-order valence-corrected chi connectivity index (χ0v) is 14.5. The van der Waals surface area contributed by atoms with Gasteiger partial charge >= 0.3 is 0 Å². The third-order valence-electron chi connectivity index (χ3n) is 4.06. The van der Waals surface area contributed by atoms with E-state index in [4.69, 9.17) is 16.1 Å². The highest BCUT2D eigenvalue weighted by atomic mass is 35.5. The Kier molecular flexibility index (Phi) is 4.75. The molecule has 3 rings (SSSR count). The summed E-state index contributed by atoms with van der Waals surface area (Å²) in [5.74, 6) is 0.906. The van der Waals surface area contributed by atoms with E-state index in [9.17, 15) is 8.42 Å². The first-order valence-electron chi connectivity index (χ1n) is 7.72. The maximum atomic E-state index is 12.3. The van der Waals surface area contributed by atoms with Crippen LogP contribution >= 0.6 is 11.6 Å². The van der Waals surface area contributed by atoms with Crippen molar-refractivity contribution in [1.82, 2.24) is 9.46 Å². The lowest BCUT2D eigenvalue weighted by Gasteiger charge is -2.25. The fourth-order valence-electron chi connectivity index (χ4n) is 2.73. The van der Waals surface area contributed by atoms with Gasteiger partial charge < -0.3 is 4.52 Å². The van der Waals surface area contributed by atoms with Gasteiger partial charge in [-0.25, -0.2) is 8.42 Å². The molecule has 0 bridgehead atoms. The van der Waals surface area contributed by atoms with Gasteiger partial charge in [0, 0.05) is 22.7 Å². The standard InChI is InChI=1S/C16H19ClN2O3S/c1-2-3-10-23(20,21)19-9-8-14-15(11-19)18-22-16(14)12-4-6-13(17)7-5-12/h4-7H,2-3,8-11H2,1H3.